The van der Waals surface area contributed by atoms with E-state index >= 15 is 0 Å². The molecule has 3 N–H and O–H groups in total. The molecule has 0 saturated heterocycles. The number of nitrogens with one attached hydrogen (secondary N) is 1. The summed E-state index contributed by atoms with van der Waals surface area (Å²) in [6, 6.07) is 2.06. The highest BCUT2D eigenvalue weighted by molar-refractivity contribution is 6.29. The zero-order valence-corrected chi connectivity index (χ0v) is 9.87. The van der Waals surface area contributed by atoms with Crippen LogP contribution in [0.2, 0.25) is 5.15 Å². The van der Waals surface area contributed by atoms with Crippen molar-refractivity contribution in [1.29, 1.82) is 0 Å². The lowest BCUT2D eigenvalue weighted by atomic mass is 9.89. The van der Waals surface area contributed by atoms with Gasteiger partial charge >= 0.3 is 0 Å². The maximum atomic E-state index is 5.78. The summed E-state index contributed by atoms with van der Waals surface area (Å²) in [6.07, 6.45) is 2.36. The molecule has 0 unspecified atom stereocenters. The topological polar surface area (TPSA) is 73.1 Å². The second-order valence-corrected chi connectivity index (χ2v) is 4.21. The van der Waals surface area contributed by atoms with E-state index in [0.29, 0.717) is 23.1 Å². The second-order valence-electron chi connectivity index (χ2n) is 3.82. The molecule has 0 spiro atoms. The van der Waals surface area contributed by atoms with Crippen molar-refractivity contribution in [1.82, 2.24) is 9.97 Å². The van der Waals surface area contributed by atoms with Crippen molar-refractivity contribution in [2.24, 2.45) is 0 Å². The van der Waals surface area contributed by atoms with Crippen LogP contribution in [0.4, 0.5) is 11.8 Å². The molecule has 88 valence electrons. The second kappa shape index (κ2) is 4.84. The van der Waals surface area contributed by atoms with Crippen molar-refractivity contribution >= 4 is 23.4 Å². The summed E-state index contributed by atoms with van der Waals surface area (Å²) in [4.78, 5) is 7.85. The van der Waals surface area contributed by atoms with Gasteiger partial charge in [0.05, 0.1) is 6.10 Å². The number of rotatable bonds is 4. The van der Waals surface area contributed by atoms with Crippen molar-refractivity contribution in [3.8, 4) is 0 Å². The van der Waals surface area contributed by atoms with Gasteiger partial charge in [-0.15, -0.1) is 0 Å². The van der Waals surface area contributed by atoms with Crippen LogP contribution in [0.25, 0.3) is 0 Å². The molecule has 2 rings (SSSR count). The minimum Gasteiger partial charge on any atom is -0.378 e. The van der Waals surface area contributed by atoms with Gasteiger partial charge in [-0.25, -0.2) is 4.98 Å². The van der Waals surface area contributed by atoms with Crippen LogP contribution in [0, 0.1) is 0 Å². The Morgan fingerprint density at radius 2 is 2.31 bits per heavy atom. The van der Waals surface area contributed by atoms with Gasteiger partial charge in [-0.05, 0) is 19.8 Å². The molecule has 1 aliphatic carbocycles. The van der Waals surface area contributed by atoms with E-state index in [0.717, 1.165) is 19.4 Å². The quantitative estimate of drug-likeness (QED) is 0.786. The first kappa shape index (κ1) is 11.4. The van der Waals surface area contributed by atoms with E-state index in [4.69, 9.17) is 22.1 Å². The Hall–Kier alpha value is -1.07. The minimum atomic E-state index is 0.190. The third-order valence-electron chi connectivity index (χ3n) is 2.56. The lowest BCUT2D eigenvalue weighted by molar-refractivity contribution is 0.00293. The summed E-state index contributed by atoms with van der Waals surface area (Å²) in [5, 5.41) is 3.61. The van der Waals surface area contributed by atoms with E-state index in [1.807, 2.05) is 6.92 Å². The molecule has 5 nitrogen and oxygen atoms in total. The predicted molar refractivity (Wildman–Crippen MR) is 63.5 cm³/mol. The molecule has 16 heavy (non-hydrogen) atoms. The maximum Gasteiger partial charge on any atom is 0.223 e. The van der Waals surface area contributed by atoms with Gasteiger partial charge in [0.15, 0.2) is 0 Å². The number of halogens is 1. The van der Waals surface area contributed by atoms with Crippen LogP contribution in [0.15, 0.2) is 6.07 Å². The van der Waals surface area contributed by atoms with Crippen molar-refractivity contribution in [3.63, 3.8) is 0 Å². The van der Waals surface area contributed by atoms with Crippen molar-refractivity contribution in [2.75, 3.05) is 17.7 Å². The first-order valence-corrected chi connectivity index (χ1v) is 5.73. The van der Waals surface area contributed by atoms with Gasteiger partial charge in [0.2, 0.25) is 5.95 Å². The number of hydrogen-bond donors (Lipinski definition) is 2. The van der Waals surface area contributed by atoms with Crippen LogP contribution in [-0.2, 0) is 4.74 Å². The van der Waals surface area contributed by atoms with E-state index in [9.17, 15) is 0 Å². The summed E-state index contributed by atoms with van der Waals surface area (Å²) in [5.41, 5.74) is 5.50. The minimum absolute atomic E-state index is 0.190. The van der Waals surface area contributed by atoms with E-state index in [1.54, 1.807) is 6.07 Å². The fourth-order valence-electron chi connectivity index (χ4n) is 1.77. The Kier molecular flexibility index (Phi) is 3.46. The molecule has 0 radical (unpaired) electrons. The molecule has 1 aromatic heterocycles. The lowest BCUT2D eigenvalue weighted by Gasteiger charge is -2.35. The standard InChI is InChI=1S/C10H15ClN4O/c1-2-16-7-3-6(4-7)13-9-5-8(11)14-10(12)15-9/h5-7H,2-4H2,1H3,(H3,12,13,14,15). The highest BCUT2D eigenvalue weighted by atomic mass is 35.5. The molecule has 1 heterocycles. The van der Waals surface area contributed by atoms with Gasteiger partial charge in [-0.1, -0.05) is 11.6 Å². The largest absolute Gasteiger partial charge is 0.378 e. The molecular weight excluding hydrogens is 228 g/mol. The van der Waals surface area contributed by atoms with E-state index in [-0.39, 0.29) is 5.95 Å². The molecule has 6 heteroatoms. The Balaban J connectivity index is 1.86. The van der Waals surface area contributed by atoms with Crippen LogP contribution in [0.1, 0.15) is 19.8 Å². The zero-order valence-electron chi connectivity index (χ0n) is 9.11. The molecule has 0 amide bonds. The van der Waals surface area contributed by atoms with Gasteiger partial charge in [0.1, 0.15) is 11.0 Å². The van der Waals surface area contributed by atoms with Crippen molar-refractivity contribution in [3.05, 3.63) is 11.2 Å². The molecule has 1 aliphatic rings. The molecule has 1 saturated carbocycles. The first-order valence-electron chi connectivity index (χ1n) is 5.35. The molecule has 0 aliphatic heterocycles. The average Bonchev–Trinajstić information content (AvgIpc) is 2.13. The van der Waals surface area contributed by atoms with Gasteiger partial charge < -0.3 is 15.8 Å². The number of nitrogen functional groups attached to an aromatic ring is 1. The fraction of sp³-hybridized carbons (Fsp3) is 0.600. The average molecular weight is 243 g/mol. The Morgan fingerprint density at radius 3 is 2.94 bits per heavy atom. The highest BCUT2D eigenvalue weighted by Crippen LogP contribution is 2.26. The summed E-state index contributed by atoms with van der Waals surface area (Å²) < 4.78 is 5.47. The number of hydrogen-bond acceptors (Lipinski definition) is 5. The highest BCUT2D eigenvalue weighted by Gasteiger charge is 2.29. The zero-order chi connectivity index (χ0) is 11.5. The van der Waals surface area contributed by atoms with Gasteiger partial charge in [0, 0.05) is 18.7 Å². The third-order valence-corrected chi connectivity index (χ3v) is 2.76. The molecule has 1 aromatic rings. The van der Waals surface area contributed by atoms with E-state index in [2.05, 4.69) is 15.3 Å². The van der Waals surface area contributed by atoms with Crippen LogP contribution >= 0.6 is 11.6 Å². The van der Waals surface area contributed by atoms with Gasteiger partial charge in [0.25, 0.3) is 0 Å². The smallest absolute Gasteiger partial charge is 0.223 e. The number of nitrogens with two attached hydrogens (primary N) is 1. The Bertz CT molecular complexity index is 348. The normalized spacial score (nSPS) is 23.9. The monoisotopic (exact) mass is 242 g/mol. The van der Waals surface area contributed by atoms with Crippen LogP contribution in [-0.4, -0.2) is 28.7 Å². The first-order chi connectivity index (χ1) is 7.67. The molecule has 1 fully saturated rings. The molecule has 0 atom stereocenters. The van der Waals surface area contributed by atoms with E-state index < -0.39 is 0 Å². The summed E-state index contributed by atoms with van der Waals surface area (Å²) in [5.74, 6) is 0.869. The Morgan fingerprint density at radius 1 is 1.56 bits per heavy atom. The molecule has 0 bridgehead atoms. The summed E-state index contributed by atoms with van der Waals surface area (Å²) >= 11 is 5.78. The maximum absolute atomic E-state index is 5.78. The SMILES string of the molecule is CCOC1CC(Nc2cc(Cl)nc(N)n2)C1. The van der Waals surface area contributed by atoms with Crippen LogP contribution in [0.3, 0.4) is 0 Å². The Labute approximate surface area is 99.4 Å². The van der Waals surface area contributed by atoms with Gasteiger partial charge in [-0.2, -0.15) is 4.98 Å². The molecule has 0 aromatic carbocycles. The number of nitrogens with zero attached hydrogens (tertiary/aromatic N) is 2. The molecular formula is C10H15ClN4O. The van der Waals surface area contributed by atoms with Crippen molar-refractivity contribution in [2.45, 2.75) is 31.9 Å². The summed E-state index contributed by atoms with van der Waals surface area (Å²) in [6.45, 7) is 2.77. The number of anilines is 2. The van der Waals surface area contributed by atoms with Crippen LogP contribution < -0.4 is 11.1 Å². The third kappa shape index (κ3) is 2.74. The fourth-order valence-corrected chi connectivity index (χ4v) is 1.96. The lowest BCUT2D eigenvalue weighted by Crippen LogP contribution is -2.41. The number of aromatic nitrogens is 2. The number of ether oxygens (including phenoxy) is 1. The van der Waals surface area contributed by atoms with Gasteiger partial charge in [-0.3, -0.25) is 0 Å². The predicted octanol–water partition coefficient (Wildman–Crippen LogP) is 1.69. The van der Waals surface area contributed by atoms with E-state index in [1.165, 1.54) is 0 Å². The van der Waals surface area contributed by atoms with Crippen LogP contribution in [0.5, 0.6) is 0 Å². The van der Waals surface area contributed by atoms with Crippen molar-refractivity contribution < 1.29 is 4.74 Å². The summed E-state index contributed by atoms with van der Waals surface area (Å²) in [7, 11) is 0.